The van der Waals surface area contributed by atoms with Gasteiger partial charge in [0.15, 0.2) is 0 Å². The number of hydrogen-bond acceptors (Lipinski definition) is 2. The highest BCUT2D eigenvalue weighted by Crippen LogP contribution is 2.25. The average Bonchev–Trinajstić information content (AvgIpc) is 2.28. The van der Waals surface area contributed by atoms with Crippen molar-refractivity contribution in [2.75, 3.05) is 20.1 Å². The minimum Gasteiger partial charge on any atom is -0.325 e. The Kier molecular flexibility index (Phi) is 3.55. The molecule has 17 heavy (non-hydrogen) atoms. The first-order chi connectivity index (χ1) is 7.98. The summed E-state index contributed by atoms with van der Waals surface area (Å²) in [6.07, 6.45) is 3.24. The molecule has 0 radical (unpaired) electrons. The van der Waals surface area contributed by atoms with E-state index in [0.29, 0.717) is 0 Å². The lowest BCUT2D eigenvalue weighted by atomic mass is 9.81. The third-order valence-electron chi connectivity index (χ3n) is 4.03. The molecule has 2 N–H and O–H groups in total. The first-order valence-corrected chi connectivity index (χ1v) is 6.52. The number of rotatable bonds is 2. The van der Waals surface area contributed by atoms with Gasteiger partial charge in [-0.05, 0) is 64.4 Å². The fourth-order valence-corrected chi connectivity index (χ4v) is 2.61. The number of likely N-dealkylation sites (tertiary alicyclic amines) is 1. The van der Waals surface area contributed by atoms with Gasteiger partial charge >= 0.3 is 0 Å². The zero-order valence-corrected chi connectivity index (χ0v) is 11.3. The van der Waals surface area contributed by atoms with Crippen molar-refractivity contribution in [2.45, 2.75) is 38.6 Å². The van der Waals surface area contributed by atoms with Gasteiger partial charge in [-0.25, -0.2) is 0 Å². The first-order valence-electron chi connectivity index (χ1n) is 6.52. The van der Waals surface area contributed by atoms with Crippen molar-refractivity contribution in [1.29, 1.82) is 0 Å². The molecule has 0 saturated carbocycles. The molecule has 1 fully saturated rings. The quantitative estimate of drug-likeness (QED) is 0.847. The number of nitrogens with two attached hydrogens (primary N) is 1. The summed E-state index contributed by atoms with van der Waals surface area (Å²) >= 11 is 0. The summed E-state index contributed by atoms with van der Waals surface area (Å²) in [6, 6.07) is 6.68. The zero-order chi connectivity index (χ0) is 12.5. The molecule has 1 saturated heterocycles. The van der Waals surface area contributed by atoms with Gasteiger partial charge in [0, 0.05) is 5.54 Å². The van der Waals surface area contributed by atoms with E-state index in [0.717, 1.165) is 32.4 Å². The Bertz CT molecular complexity index is 390. The van der Waals surface area contributed by atoms with Crippen LogP contribution in [0.5, 0.6) is 0 Å². The van der Waals surface area contributed by atoms with Crippen LogP contribution in [0.2, 0.25) is 0 Å². The Hall–Kier alpha value is -0.860. The predicted octanol–water partition coefficient (Wildman–Crippen LogP) is 2.27. The van der Waals surface area contributed by atoms with Crippen molar-refractivity contribution in [3.63, 3.8) is 0 Å². The van der Waals surface area contributed by atoms with Crippen LogP contribution in [0.1, 0.15) is 29.5 Å². The smallest absolute Gasteiger partial charge is 0.0219 e. The summed E-state index contributed by atoms with van der Waals surface area (Å²) in [4.78, 5) is 2.37. The Balaban J connectivity index is 2.12. The maximum absolute atomic E-state index is 6.55. The van der Waals surface area contributed by atoms with E-state index < -0.39 is 0 Å². The lowest BCUT2D eigenvalue weighted by molar-refractivity contribution is 0.190. The highest BCUT2D eigenvalue weighted by molar-refractivity contribution is 5.32. The molecule has 0 amide bonds. The minimum atomic E-state index is 0.00502. The van der Waals surface area contributed by atoms with Crippen LogP contribution in [0.4, 0.5) is 0 Å². The minimum absolute atomic E-state index is 0.00502. The van der Waals surface area contributed by atoms with Gasteiger partial charge in [0.1, 0.15) is 0 Å². The van der Waals surface area contributed by atoms with Crippen LogP contribution in [0, 0.1) is 13.8 Å². The molecule has 0 spiro atoms. The summed E-state index contributed by atoms with van der Waals surface area (Å²) in [5, 5.41) is 0. The maximum atomic E-state index is 6.55. The summed E-state index contributed by atoms with van der Waals surface area (Å²) < 4.78 is 0. The normalized spacial score (nSPS) is 20.5. The topological polar surface area (TPSA) is 29.3 Å². The molecule has 0 aliphatic carbocycles. The van der Waals surface area contributed by atoms with E-state index in [4.69, 9.17) is 5.73 Å². The number of nitrogens with zero attached hydrogens (tertiary/aromatic N) is 1. The average molecular weight is 232 g/mol. The molecule has 94 valence electrons. The highest BCUT2D eigenvalue weighted by atomic mass is 15.1. The van der Waals surface area contributed by atoms with Crippen LogP contribution in [0.25, 0.3) is 0 Å². The van der Waals surface area contributed by atoms with E-state index in [2.05, 4.69) is 44.0 Å². The largest absolute Gasteiger partial charge is 0.325 e. The van der Waals surface area contributed by atoms with E-state index in [1.807, 2.05) is 0 Å². The summed E-state index contributed by atoms with van der Waals surface area (Å²) in [5.41, 5.74) is 10.7. The van der Waals surface area contributed by atoms with E-state index in [9.17, 15) is 0 Å². The van der Waals surface area contributed by atoms with Gasteiger partial charge in [0.05, 0.1) is 0 Å². The molecule has 1 aromatic carbocycles. The monoisotopic (exact) mass is 232 g/mol. The SMILES string of the molecule is Cc1ccc(C)c(CC2(N)CCN(C)CC2)c1. The van der Waals surface area contributed by atoms with Crippen LogP contribution < -0.4 is 5.73 Å². The van der Waals surface area contributed by atoms with Gasteiger partial charge in [-0.15, -0.1) is 0 Å². The second kappa shape index (κ2) is 4.79. The van der Waals surface area contributed by atoms with Crippen molar-refractivity contribution in [3.05, 3.63) is 34.9 Å². The molecule has 0 atom stereocenters. The molecule has 2 nitrogen and oxygen atoms in total. The Labute approximate surface area is 105 Å². The van der Waals surface area contributed by atoms with E-state index >= 15 is 0 Å². The fraction of sp³-hybridized carbons (Fsp3) is 0.600. The summed E-state index contributed by atoms with van der Waals surface area (Å²) in [6.45, 7) is 6.59. The van der Waals surface area contributed by atoms with Gasteiger partial charge in [-0.3, -0.25) is 0 Å². The summed E-state index contributed by atoms with van der Waals surface area (Å²) in [7, 11) is 2.18. The number of hydrogen-bond donors (Lipinski definition) is 1. The second-order valence-corrected chi connectivity index (χ2v) is 5.77. The molecular weight excluding hydrogens is 208 g/mol. The lowest BCUT2D eigenvalue weighted by Gasteiger charge is -2.38. The van der Waals surface area contributed by atoms with Crippen LogP contribution >= 0.6 is 0 Å². The first kappa shape index (κ1) is 12.6. The Morgan fingerprint density at radius 1 is 1.24 bits per heavy atom. The van der Waals surface area contributed by atoms with Crippen molar-refractivity contribution in [1.82, 2.24) is 4.90 Å². The molecule has 2 heteroatoms. The molecule has 1 aliphatic rings. The van der Waals surface area contributed by atoms with Gasteiger partial charge in [0.25, 0.3) is 0 Å². The van der Waals surface area contributed by atoms with Crippen molar-refractivity contribution >= 4 is 0 Å². The number of benzene rings is 1. The number of piperidine rings is 1. The van der Waals surface area contributed by atoms with Crippen LogP contribution in [-0.4, -0.2) is 30.6 Å². The molecule has 1 aromatic rings. The molecule has 0 aromatic heterocycles. The predicted molar refractivity (Wildman–Crippen MR) is 73.3 cm³/mol. The highest BCUT2D eigenvalue weighted by Gasteiger charge is 2.29. The molecule has 2 rings (SSSR count). The third-order valence-corrected chi connectivity index (χ3v) is 4.03. The van der Waals surface area contributed by atoms with Crippen molar-refractivity contribution in [3.8, 4) is 0 Å². The standard InChI is InChI=1S/C15H24N2/c1-12-4-5-13(2)14(10-12)11-15(16)6-8-17(3)9-7-15/h4-5,10H,6-9,11,16H2,1-3H3. The van der Waals surface area contributed by atoms with E-state index in [1.54, 1.807) is 0 Å². The fourth-order valence-electron chi connectivity index (χ4n) is 2.61. The van der Waals surface area contributed by atoms with Crippen LogP contribution in [0.3, 0.4) is 0 Å². The zero-order valence-electron chi connectivity index (χ0n) is 11.3. The maximum Gasteiger partial charge on any atom is 0.0219 e. The lowest BCUT2D eigenvalue weighted by Crippen LogP contribution is -2.50. The Morgan fingerprint density at radius 3 is 2.53 bits per heavy atom. The van der Waals surface area contributed by atoms with Gasteiger partial charge < -0.3 is 10.6 Å². The van der Waals surface area contributed by atoms with Crippen molar-refractivity contribution < 1.29 is 0 Å². The second-order valence-electron chi connectivity index (χ2n) is 5.77. The third kappa shape index (κ3) is 3.08. The number of aryl methyl sites for hydroxylation is 2. The molecule has 0 bridgehead atoms. The van der Waals surface area contributed by atoms with E-state index in [-0.39, 0.29) is 5.54 Å². The van der Waals surface area contributed by atoms with Gasteiger partial charge in [-0.2, -0.15) is 0 Å². The molecule has 1 heterocycles. The molecule has 1 aliphatic heterocycles. The van der Waals surface area contributed by atoms with E-state index in [1.165, 1.54) is 16.7 Å². The Morgan fingerprint density at radius 2 is 1.88 bits per heavy atom. The van der Waals surface area contributed by atoms with Gasteiger partial charge in [0.2, 0.25) is 0 Å². The van der Waals surface area contributed by atoms with Crippen LogP contribution in [0.15, 0.2) is 18.2 Å². The summed E-state index contributed by atoms with van der Waals surface area (Å²) in [5.74, 6) is 0. The molecule has 0 unspecified atom stereocenters. The van der Waals surface area contributed by atoms with Crippen molar-refractivity contribution in [2.24, 2.45) is 5.73 Å². The molecular formula is C15H24N2. The van der Waals surface area contributed by atoms with Gasteiger partial charge in [-0.1, -0.05) is 23.8 Å². The van der Waals surface area contributed by atoms with Crippen LogP contribution in [-0.2, 0) is 6.42 Å².